The molecule has 0 unspecified atom stereocenters. The van der Waals surface area contributed by atoms with E-state index in [-0.39, 0.29) is 23.1 Å². The van der Waals surface area contributed by atoms with Gasteiger partial charge in [0.25, 0.3) is 0 Å². The number of hydrogen-bond donors (Lipinski definition) is 1. The Morgan fingerprint density at radius 3 is 2.82 bits per heavy atom. The second-order valence-corrected chi connectivity index (χ2v) is 6.49. The number of pyridine rings is 1. The molecule has 150 valence electrons. The summed E-state index contributed by atoms with van der Waals surface area (Å²) in [6.45, 7) is 0.731. The number of aromatic nitrogens is 1. The highest BCUT2D eigenvalue weighted by molar-refractivity contribution is 7.99. The van der Waals surface area contributed by atoms with Gasteiger partial charge in [0.1, 0.15) is 12.3 Å². The second kappa shape index (κ2) is 11.1. The molecule has 0 atom stereocenters. The van der Waals surface area contributed by atoms with Gasteiger partial charge in [-0.15, -0.1) is 11.8 Å². The molecule has 0 saturated heterocycles. The van der Waals surface area contributed by atoms with Crippen LogP contribution < -0.4 is 14.8 Å². The predicted octanol–water partition coefficient (Wildman–Crippen LogP) is 2.90. The monoisotopic (exact) mass is 407 g/mol. The van der Waals surface area contributed by atoms with Gasteiger partial charge in [0.15, 0.2) is 5.75 Å². The second-order valence-electron chi connectivity index (χ2n) is 5.50. The summed E-state index contributed by atoms with van der Waals surface area (Å²) in [5.41, 5.74) is 1.11. The number of nitro groups is 1. The quantitative estimate of drug-likeness (QED) is 0.344. The van der Waals surface area contributed by atoms with Crippen molar-refractivity contribution in [1.29, 1.82) is 0 Å². The van der Waals surface area contributed by atoms with E-state index >= 15 is 0 Å². The Morgan fingerprint density at radius 2 is 2.11 bits per heavy atom. The predicted molar refractivity (Wildman–Crippen MR) is 106 cm³/mol. The van der Waals surface area contributed by atoms with E-state index in [0.29, 0.717) is 30.5 Å². The molecule has 0 aliphatic rings. The molecule has 9 nitrogen and oxygen atoms in total. The van der Waals surface area contributed by atoms with Crippen molar-refractivity contribution in [1.82, 2.24) is 4.98 Å². The Kier molecular flexibility index (Phi) is 8.50. The van der Waals surface area contributed by atoms with Gasteiger partial charge in [-0.05, 0) is 23.8 Å². The zero-order valence-corrected chi connectivity index (χ0v) is 16.4. The van der Waals surface area contributed by atoms with Gasteiger partial charge in [-0.25, -0.2) is 4.98 Å². The van der Waals surface area contributed by atoms with Gasteiger partial charge in [-0.1, -0.05) is 6.07 Å². The summed E-state index contributed by atoms with van der Waals surface area (Å²) in [5.74, 6) is 0.921. The number of carbonyl (C=O) groups excluding carboxylic acids is 1. The van der Waals surface area contributed by atoms with Crippen molar-refractivity contribution in [3.8, 4) is 11.6 Å². The highest BCUT2D eigenvalue weighted by Crippen LogP contribution is 2.29. The molecule has 0 aliphatic carbocycles. The minimum absolute atomic E-state index is 0.0988. The average molecular weight is 407 g/mol. The van der Waals surface area contributed by atoms with Crippen molar-refractivity contribution in [2.45, 2.75) is 5.75 Å². The van der Waals surface area contributed by atoms with Crippen LogP contribution in [0.5, 0.6) is 11.6 Å². The van der Waals surface area contributed by atoms with E-state index in [9.17, 15) is 14.9 Å². The maximum atomic E-state index is 12.2. The van der Waals surface area contributed by atoms with Crippen molar-refractivity contribution < 1.29 is 23.9 Å². The van der Waals surface area contributed by atoms with Gasteiger partial charge in [0, 0.05) is 25.1 Å². The van der Waals surface area contributed by atoms with Gasteiger partial charge in [0.05, 0.1) is 24.4 Å². The minimum Gasteiger partial charge on any atom is -0.490 e. The molecule has 1 N–H and O–H groups in total. The topological polar surface area (TPSA) is 113 Å². The molecular formula is C18H21N3O6S. The summed E-state index contributed by atoms with van der Waals surface area (Å²) < 4.78 is 15.4. The molecule has 0 aliphatic heterocycles. The lowest BCUT2D eigenvalue weighted by molar-refractivity contribution is -0.385. The third kappa shape index (κ3) is 6.39. The summed E-state index contributed by atoms with van der Waals surface area (Å²) in [6, 6.07) is 8.13. The smallest absolute Gasteiger partial charge is 0.311 e. The molecule has 1 heterocycles. The number of nitro benzene ring substituents is 1. The van der Waals surface area contributed by atoms with E-state index in [1.54, 1.807) is 37.6 Å². The largest absolute Gasteiger partial charge is 0.490 e. The molecule has 0 fully saturated rings. The standard InChI is InChI=1S/C18H21N3O6S/c1-25-8-9-27-18-14(4-3-7-19-18)20-17(22)12-28-11-13-5-6-16(26-2)15(10-13)21(23)24/h3-7,10H,8-9,11-12H2,1-2H3,(H,20,22). The first kappa shape index (κ1) is 21.5. The van der Waals surface area contributed by atoms with Crippen molar-refractivity contribution in [3.05, 3.63) is 52.2 Å². The summed E-state index contributed by atoms with van der Waals surface area (Å²) >= 11 is 1.34. The third-order valence-electron chi connectivity index (χ3n) is 3.51. The zero-order chi connectivity index (χ0) is 20.4. The Bertz CT molecular complexity index is 818. The number of hydrogen-bond acceptors (Lipinski definition) is 8. The first-order valence-electron chi connectivity index (χ1n) is 8.30. The van der Waals surface area contributed by atoms with E-state index in [0.717, 1.165) is 5.56 Å². The van der Waals surface area contributed by atoms with Gasteiger partial charge in [-0.2, -0.15) is 0 Å². The number of anilines is 1. The van der Waals surface area contributed by atoms with Crippen molar-refractivity contribution >= 4 is 29.0 Å². The number of benzene rings is 1. The van der Waals surface area contributed by atoms with Crippen molar-refractivity contribution in [2.24, 2.45) is 0 Å². The van der Waals surface area contributed by atoms with Crippen LogP contribution in [0.2, 0.25) is 0 Å². The van der Waals surface area contributed by atoms with Crippen LogP contribution in [0.4, 0.5) is 11.4 Å². The first-order chi connectivity index (χ1) is 13.5. The fourth-order valence-corrected chi connectivity index (χ4v) is 3.01. The lowest BCUT2D eigenvalue weighted by Gasteiger charge is -2.11. The first-order valence-corrected chi connectivity index (χ1v) is 9.46. The molecule has 1 aromatic carbocycles. The maximum Gasteiger partial charge on any atom is 0.311 e. The highest BCUT2D eigenvalue weighted by atomic mass is 32.2. The number of amides is 1. The van der Waals surface area contributed by atoms with E-state index in [1.165, 1.54) is 24.9 Å². The summed E-state index contributed by atoms with van der Waals surface area (Å²) in [4.78, 5) is 26.9. The lowest BCUT2D eigenvalue weighted by atomic mass is 10.2. The normalized spacial score (nSPS) is 10.4. The van der Waals surface area contributed by atoms with Crippen molar-refractivity contribution in [3.63, 3.8) is 0 Å². The summed E-state index contributed by atoms with van der Waals surface area (Å²) in [7, 11) is 2.95. The van der Waals surface area contributed by atoms with Crippen LogP contribution in [0, 0.1) is 10.1 Å². The van der Waals surface area contributed by atoms with Gasteiger partial charge in [0.2, 0.25) is 11.8 Å². The maximum absolute atomic E-state index is 12.2. The van der Waals surface area contributed by atoms with Crippen molar-refractivity contribution in [2.75, 3.05) is 38.5 Å². The van der Waals surface area contributed by atoms with Gasteiger partial charge >= 0.3 is 5.69 Å². The van der Waals surface area contributed by atoms with E-state index in [2.05, 4.69) is 10.3 Å². The molecule has 1 aromatic heterocycles. The van der Waals surface area contributed by atoms with Crippen LogP contribution in [0.25, 0.3) is 0 Å². The molecule has 1 amide bonds. The van der Waals surface area contributed by atoms with Crippen LogP contribution in [0.15, 0.2) is 36.5 Å². The molecule has 0 radical (unpaired) electrons. The van der Waals surface area contributed by atoms with E-state index in [1.807, 2.05) is 0 Å². The number of nitrogens with zero attached hydrogens (tertiary/aromatic N) is 2. The lowest BCUT2D eigenvalue weighted by Crippen LogP contribution is -2.16. The van der Waals surface area contributed by atoms with Crippen LogP contribution in [-0.2, 0) is 15.3 Å². The van der Waals surface area contributed by atoms with Gasteiger partial charge in [-0.3, -0.25) is 14.9 Å². The molecule has 0 spiro atoms. The Balaban J connectivity index is 1.88. The van der Waals surface area contributed by atoms with E-state index in [4.69, 9.17) is 14.2 Å². The number of rotatable bonds is 11. The summed E-state index contributed by atoms with van der Waals surface area (Å²) in [6.07, 6.45) is 1.57. The molecule has 28 heavy (non-hydrogen) atoms. The fourth-order valence-electron chi connectivity index (χ4n) is 2.24. The van der Waals surface area contributed by atoms with Crippen LogP contribution in [0.3, 0.4) is 0 Å². The number of nitrogens with one attached hydrogen (secondary N) is 1. The molecule has 10 heteroatoms. The van der Waals surface area contributed by atoms with E-state index < -0.39 is 4.92 Å². The molecule has 0 saturated carbocycles. The fraction of sp³-hybridized carbons (Fsp3) is 0.333. The Labute approximate surface area is 166 Å². The number of ether oxygens (including phenoxy) is 3. The molecule has 0 bridgehead atoms. The highest BCUT2D eigenvalue weighted by Gasteiger charge is 2.15. The molecule has 2 rings (SSSR count). The Hall–Kier alpha value is -2.85. The molecule has 2 aromatic rings. The number of thioether (sulfide) groups is 1. The molecular weight excluding hydrogens is 386 g/mol. The number of carbonyl (C=O) groups is 1. The third-order valence-corrected chi connectivity index (χ3v) is 4.52. The Morgan fingerprint density at radius 1 is 1.29 bits per heavy atom. The van der Waals surface area contributed by atoms with Gasteiger partial charge < -0.3 is 19.5 Å². The SMILES string of the molecule is COCCOc1ncccc1NC(=O)CSCc1ccc(OC)c([N+](=O)[O-])c1. The average Bonchev–Trinajstić information content (AvgIpc) is 2.69. The van der Waals surface area contributed by atoms with Crippen LogP contribution in [0.1, 0.15) is 5.56 Å². The minimum atomic E-state index is -0.493. The van der Waals surface area contributed by atoms with Crippen LogP contribution in [-0.4, -0.2) is 49.0 Å². The zero-order valence-electron chi connectivity index (χ0n) is 15.5. The summed E-state index contributed by atoms with van der Waals surface area (Å²) in [5, 5.41) is 13.8. The number of methoxy groups -OCH3 is 2. The van der Waals surface area contributed by atoms with Crippen LogP contribution >= 0.6 is 11.8 Å².